The normalized spacial score (nSPS) is 26.4. The maximum atomic E-state index is 11.7. The predicted molar refractivity (Wildman–Crippen MR) is 58.6 cm³/mol. The maximum Gasteiger partial charge on any atom is 0.334 e. The van der Waals surface area contributed by atoms with Gasteiger partial charge in [0, 0.05) is 6.54 Å². The van der Waals surface area contributed by atoms with Gasteiger partial charge in [0.05, 0.1) is 25.3 Å². The van der Waals surface area contributed by atoms with Crippen LogP contribution in [0, 0.1) is 0 Å². The monoisotopic (exact) mass is 246 g/mol. The highest BCUT2D eigenvalue weighted by Gasteiger charge is 2.28. The van der Waals surface area contributed by atoms with E-state index in [1.54, 1.807) is 4.90 Å². The molecule has 3 atom stereocenters. The number of carbonyl (C=O) groups is 2. The molecule has 0 aromatic rings. The second kappa shape index (κ2) is 5.83. The zero-order chi connectivity index (χ0) is 13.0. The van der Waals surface area contributed by atoms with E-state index >= 15 is 0 Å². The van der Waals surface area contributed by atoms with E-state index in [1.165, 1.54) is 0 Å². The molecule has 0 bridgehead atoms. The van der Waals surface area contributed by atoms with Gasteiger partial charge in [0.15, 0.2) is 6.10 Å². The lowest BCUT2D eigenvalue weighted by molar-refractivity contribution is -0.146. The third-order valence-electron chi connectivity index (χ3n) is 2.60. The van der Waals surface area contributed by atoms with Crippen LogP contribution >= 0.6 is 0 Å². The molecule has 1 saturated heterocycles. The third-order valence-corrected chi connectivity index (χ3v) is 2.60. The molecule has 0 radical (unpaired) electrons. The molecule has 3 N–H and O–H groups in total. The number of nitrogens with zero attached hydrogens (tertiary/aromatic N) is 1. The van der Waals surface area contributed by atoms with E-state index in [0.29, 0.717) is 13.2 Å². The van der Waals surface area contributed by atoms with Crippen LogP contribution < -0.4 is 5.32 Å². The van der Waals surface area contributed by atoms with Crippen molar-refractivity contribution in [2.45, 2.75) is 32.1 Å². The Morgan fingerprint density at radius 2 is 2.18 bits per heavy atom. The summed E-state index contributed by atoms with van der Waals surface area (Å²) in [6, 6.07) is -0.443. The molecule has 98 valence electrons. The van der Waals surface area contributed by atoms with E-state index in [-0.39, 0.29) is 24.7 Å². The smallest absolute Gasteiger partial charge is 0.334 e. The van der Waals surface area contributed by atoms with Crippen LogP contribution in [0.25, 0.3) is 0 Å². The van der Waals surface area contributed by atoms with Crippen molar-refractivity contribution in [1.29, 1.82) is 0 Å². The Morgan fingerprint density at radius 1 is 1.53 bits per heavy atom. The topological polar surface area (TPSA) is 99.1 Å². The van der Waals surface area contributed by atoms with Gasteiger partial charge in [0.1, 0.15) is 0 Å². The number of urea groups is 1. The van der Waals surface area contributed by atoms with Crippen LogP contribution in [0.5, 0.6) is 0 Å². The summed E-state index contributed by atoms with van der Waals surface area (Å²) in [5, 5.41) is 19.9. The summed E-state index contributed by atoms with van der Waals surface area (Å²) in [5.74, 6) is -1.35. The van der Waals surface area contributed by atoms with Gasteiger partial charge >= 0.3 is 12.0 Å². The molecule has 1 rings (SSSR count). The summed E-state index contributed by atoms with van der Waals surface area (Å²) in [6.45, 7) is 4.32. The van der Waals surface area contributed by atoms with Crippen LogP contribution in [0.3, 0.4) is 0 Å². The minimum atomic E-state index is -1.58. The molecule has 1 heterocycles. The van der Waals surface area contributed by atoms with Gasteiger partial charge in [0.25, 0.3) is 0 Å². The third kappa shape index (κ3) is 3.86. The van der Waals surface area contributed by atoms with Crippen molar-refractivity contribution in [3.8, 4) is 0 Å². The summed E-state index contributed by atoms with van der Waals surface area (Å²) < 4.78 is 5.37. The number of rotatable bonds is 3. The molecule has 1 aliphatic heterocycles. The van der Waals surface area contributed by atoms with E-state index in [1.807, 2.05) is 13.8 Å². The molecule has 17 heavy (non-hydrogen) atoms. The first-order valence-electron chi connectivity index (χ1n) is 5.48. The summed E-state index contributed by atoms with van der Waals surface area (Å²) in [5.41, 5.74) is 0. The van der Waals surface area contributed by atoms with Gasteiger partial charge in [-0.25, -0.2) is 9.59 Å². The Labute approximate surface area is 99.4 Å². The Hall–Kier alpha value is -1.34. The number of carboxylic acid groups (broad SMARTS) is 1. The van der Waals surface area contributed by atoms with Gasteiger partial charge < -0.3 is 25.2 Å². The summed E-state index contributed by atoms with van der Waals surface area (Å²) >= 11 is 0. The second-order valence-electron chi connectivity index (χ2n) is 4.19. The van der Waals surface area contributed by atoms with Crippen molar-refractivity contribution in [2.24, 2.45) is 0 Å². The molecule has 0 spiro atoms. The van der Waals surface area contributed by atoms with Crippen molar-refractivity contribution >= 4 is 12.0 Å². The van der Waals surface area contributed by atoms with Crippen LogP contribution in [0.15, 0.2) is 0 Å². The molecule has 1 fully saturated rings. The average Bonchev–Trinajstić information content (AvgIpc) is 2.28. The SMILES string of the molecule is CC1CN(C(=O)NC[C@H](O)C(=O)O)C(C)CO1. The predicted octanol–water partition coefficient (Wildman–Crippen LogP) is -0.749. The highest BCUT2D eigenvalue weighted by molar-refractivity contribution is 5.77. The average molecular weight is 246 g/mol. The zero-order valence-electron chi connectivity index (χ0n) is 9.92. The molecule has 0 aromatic heterocycles. The number of hydrogen-bond acceptors (Lipinski definition) is 4. The Bertz CT molecular complexity index is 296. The molecule has 1 aliphatic rings. The van der Waals surface area contributed by atoms with Gasteiger partial charge in [-0.15, -0.1) is 0 Å². The fourth-order valence-corrected chi connectivity index (χ4v) is 1.56. The highest BCUT2D eigenvalue weighted by Crippen LogP contribution is 2.11. The number of morpholine rings is 1. The number of aliphatic hydroxyl groups excluding tert-OH is 1. The number of nitrogens with one attached hydrogen (secondary N) is 1. The van der Waals surface area contributed by atoms with Crippen LogP contribution in [-0.2, 0) is 9.53 Å². The van der Waals surface area contributed by atoms with Crippen molar-refractivity contribution in [2.75, 3.05) is 19.7 Å². The molecule has 7 nitrogen and oxygen atoms in total. The van der Waals surface area contributed by atoms with Gasteiger partial charge in [0.2, 0.25) is 0 Å². The Morgan fingerprint density at radius 3 is 2.76 bits per heavy atom. The number of amides is 2. The van der Waals surface area contributed by atoms with Gasteiger partial charge in [-0.3, -0.25) is 0 Å². The number of carboxylic acids is 1. The van der Waals surface area contributed by atoms with Gasteiger partial charge in [-0.05, 0) is 13.8 Å². The molecule has 0 aliphatic carbocycles. The largest absolute Gasteiger partial charge is 0.479 e. The maximum absolute atomic E-state index is 11.7. The summed E-state index contributed by atoms with van der Waals surface area (Å²) in [4.78, 5) is 23.7. The molecule has 2 unspecified atom stereocenters. The lowest BCUT2D eigenvalue weighted by Gasteiger charge is -2.36. The number of aliphatic carboxylic acids is 1. The fraction of sp³-hybridized carbons (Fsp3) is 0.800. The van der Waals surface area contributed by atoms with E-state index in [9.17, 15) is 9.59 Å². The van der Waals surface area contributed by atoms with Crippen molar-refractivity contribution in [3.05, 3.63) is 0 Å². The number of ether oxygens (including phenoxy) is 1. The number of carbonyl (C=O) groups excluding carboxylic acids is 1. The minimum Gasteiger partial charge on any atom is -0.479 e. The van der Waals surface area contributed by atoms with Crippen LogP contribution in [0.4, 0.5) is 4.79 Å². The lowest BCUT2D eigenvalue weighted by atomic mass is 10.2. The van der Waals surface area contributed by atoms with E-state index in [2.05, 4.69) is 5.32 Å². The van der Waals surface area contributed by atoms with Crippen LogP contribution in [-0.4, -0.2) is 65.1 Å². The minimum absolute atomic E-state index is 0.0404. The standard InChI is InChI=1S/C10H18N2O5/c1-6-5-17-7(2)4-12(6)10(16)11-3-8(13)9(14)15/h6-8,13H,3-5H2,1-2H3,(H,11,16)(H,14,15)/t6?,7?,8-/m0/s1. The van der Waals surface area contributed by atoms with E-state index < -0.39 is 12.1 Å². The first kappa shape index (κ1) is 13.7. The second-order valence-corrected chi connectivity index (χ2v) is 4.19. The Kier molecular flexibility index (Phi) is 4.71. The fourth-order valence-electron chi connectivity index (χ4n) is 1.56. The van der Waals surface area contributed by atoms with Gasteiger partial charge in [-0.1, -0.05) is 0 Å². The quantitative estimate of drug-likeness (QED) is 0.608. The first-order valence-corrected chi connectivity index (χ1v) is 5.48. The van der Waals surface area contributed by atoms with Gasteiger partial charge in [-0.2, -0.15) is 0 Å². The molecular weight excluding hydrogens is 228 g/mol. The van der Waals surface area contributed by atoms with Crippen molar-refractivity contribution in [1.82, 2.24) is 10.2 Å². The number of aliphatic hydroxyl groups is 1. The molecule has 0 saturated carbocycles. The van der Waals surface area contributed by atoms with Crippen LogP contribution in [0.2, 0.25) is 0 Å². The number of hydrogen-bond donors (Lipinski definition) is 3. The molecule has 2 amide bonds. The molecule has 0 aromatic carbocycles. The van der Waals surface area contributed by atoms with Crippen LogP contribution in [0.1, 0.15) is 13.8 Å². The summed E-state index contributed by atoms with van der Waals surface area (Å²) in [6.07, 6.45) is -1.62. The lowest BCUT2D eigenvalue weighted by Crippen LogP contribution is -2.54. The highest BCUT2D eigenvalue weighted by atomic mass is 16.5. The summed E-state index contributed by atoms with van der Waals surface area (Å²) in [7, 11) is 0. The van der Waals surface area contributed by atoms with Crippen molar-refractivity contribution < 1.29 is 24.5 Å². The first-order chi connectivity index (χ1) is 7.91. The molecule has 7 heteroatoms. The van der Waals surface area contributed by atoms with E-state index in [0.717, 1.165) is 0 Å². The Balaban J connectivity index is 2.43. The zero-order valence-corrected chi connectivity index (χ0v) is 9.92. The molecular formula is C10H18N2O5. The van der Waals surface area contributed by atoms with E-state index in [4.69, 9.17) is 14.9 Å². The van der Waals surface area contributed by atoms with Crippen molar-refractivity contribution in [3.63, 3.8) is 0 Å².